The Hall–Kier alpha value is -1.25. The molecule has 0 aliphatic carbocycles. The summed E-state index contributed by atoms with van der Waals surface area (Å²) in [5.41, 5.74) is 0.676. The molecule has 2 N–H and O–H groups in total. The summed E-state index contributed by atoms with van der Waals surface area (Å²) >= 11 is 0. The number of rotatable bonds is 0. The maximum absolute atomic E-state index is 9.12. The first kappa shape index (κ1) is 10.8. The molecule has 3 nitrogen and oxygen atoms in total. The van der Waals surface area contributed by atoms with Crippen LogP contribution in [-0.2, 0) is 7.05 Å². The molecule has 12 heavy (non-hydrogen) atoms. The van der Waals surface area contributed by atoms with Crippen molar-refractivity contribution < 1.29 is 14.8 Å². The van der Waals surface area contributed by atoms with E-state index in [0.717, 1.165) is 0 Å². The van der Waals surface area contributed by atoms with E-state index in [9.17, 15) is 0 Å². The normalized spacial score (nSPS) is 8.67. The Morgan fingerprint density at radius 3 is 2.17 bits per heavy atom. The van der Waals surface area contributed by atoms with Crippen molar-refractivity contribution in [1.29, 1.82) is 0 Å². The lowest BCUT2D eigenvalue weighted by molar-refractivity contribution is -0.678. The van der Waals surface area contributed by atoms with E-state index < -0.39 is 0 Å². The second-order valence-corrected chi connectivity index (χ2v) is 2.28. The lowest BCUT2D eigenvalue weighted by atomic mass is 10.3. The molecule has 0 bridgehead atoms. The van der Waals surface area contributed by atoms with Crippen LogP contribution in [0, 0.1) is 6.92 Å². The summed E-state index contributed by atoms with van der Waals surface area (Å²) < 4.78 is 1.45. The van der Waals surface area contributed by atoms with Crippen molar-refractivity contribution in [3.8, 4) is 11.6 Å². The van der Waals surface area contributed by atoms with Crippen molar-refractivity contribution in [2.75, 3.05) is 0 Å². The van der Waals surface area contributed by atoms with Gasteiger partial charge in [-0.1, -0.05) is 13.8 Å². The van der Waals surface area contributed by atoms with E-state index in [4.69, 9.17) is 10.2 Å². The molecule has 68 valence electrons. The maximum atomic E-state index is 9.12. The van der Waals surface area contributed by atoms with Gasteiger partial charge in [-0.2, -0.15) is 4.57 Å². The van der Waals surface area contributed by atoms with Crippen molar-refractivity contribution in [3.63, 3.8) is 0 Å². The average molecular weight is 170 g/mol. The first-order valence-electron chi connectivity index (χ1n) is 4.00. The Morgan fingerprint density at radius 1 is 1.25 bits per heavy atom. The summed E-state index contributed by atoms with van der Waals surface area (Å²) in [5.74, 6) is -0.148. The zero-order valence-corrected chi connectivity index (χ0v) is 8.00. The number of pyridine rings is 1. The fourth-order valence-corrected chi connectivity index (χ4v) is 0.717. The highest BCUT2D eigenvalue weighted by atomic mass is 16.3. The summed E-state index contributed by atoms with van der Waals surface area (Å²) in [7, 11) is 1.66. The zero-order chi connectivity index (χ0) is 9.72. The Balaban J connectivity index is 0.000000561. The fourth-order valence-electron chi connectivity index (χ4n) is 0.717. The molecule has 0 spiro atoms. The smallest absolute Gasteiger partial charge is 0.408 e. The molecule has 3 heteroatoms. The second-order valence-electron chi connectivity index (χ2n) is 2.28. The molecule has 1 rings (SSSR count). The monoisotopic (exact) mass is 170 g/mol. The molecule has 1 aromatic heterocycles. The molecule has 0 aliphatic rings. The fraction of sp³-hybridized carbons (Fsp3) is 0.444. The number of nitrogens with zero attached hydrogens (tertiary/aromatic N) is 1. The SMILES string of the molecule is CC.Cc1cc[n+](C)c(O)c1O. The summed E-state index contributed by atoms with van der Waals surface area (Å²) in [5, 5.41) is 18.2. The largest absolute Gasteiger partial charge is 0.500 e. The molecule has 0 saturated heterocycles. The second kappa shape index (κ2) is 4.59. The van der Waals surface area contributed by atoms with E-state index in [-0.39, 0.29) is 11.6 Å². The Morgan fingerprint density at radius 2 is 1.75 bits per heavy atom. The van der Waals surface area contributed by atoms with Crippen LogP contribution in [0.25, 0.3) is 0 Å². The molecule has 0 fully saturated rings. The number of aryl methyl sites for hydroxylation is 2. The summed E-state index contributed by atoms with van der Waals surface area (Å²) in [6, 6.07) is 1.73. The van der Waals surface area contributed by atoms with Crippen LogP contribution in [0.2, 0.25) is 0 Å². The lowest BCUT2D eigenvalue weighted by Gasteiger charge is -1.96. The third kappa shape index (κ3) is 2.12. The predicted molar refractivity (Wildman–Crippen MR) is 47.0 cm³/mol. The van der Waals surface area contributed by atoms with Crippen LogP contribution in [-0.4, -0.2) is 10.2 Å². The van der Waals surface area contributed by atoms with E-state index in [1.807, 2.05) is 13.8 Å². The minimum Gasteiger partial charge on any atom is -0.500 e. The number of aromatic nitrogens is 1. The quantitative estimate of drug-likeness (QED) is 0.576. The Kier molecular flexibility index (Phi) is 4.11. The highest BCUT2D eigenvalue weighted by molar-refractivity contribution is 5.34. The van der Waals surface area contributed by atoms with Gasteiger partial charge < -0.3 is 10.2 Å². The third-order valence-electron chi connectivity index (χ3n) is 1.47. The molecule has 0 amide bonds. The first-order valence-corrected chi connectivity index (χ1v) is 4.00. The third-order valence-corrected chi connectivity index (χ3v) is 1.47. The molecule has 0 atom stereocenters. The molecule has 0 saturated carbocycles. The van der Waals surface area contributed by atoms with Gasteiger partial charge in [0.2, 0.25) is 5.75 Å². The number of hydrogen-bond donors (Lipinski definition) is 2. The molecule has 0 aromatic carbocycles. The van der Waals surface area contributed by atoms with Gasteiger partial charge in [0.25, 0.3) is 0 Å². The zero-order valence-electron chi connectivity index (χ0n) is 8.00. The highest BCUT2D eigenvalue weighted by Gasteiger charge is 2.11. The first-order chi connectivity index (χ1) is 5.63. The van der Waals surface area contributed by atoms with E-state index in [2.05, 4.69) is 0 Å². The number of hydrogen-bond acceptors (Lipinski definition) is 2. The van der Waals surface area contributed by atoms with Crippen LogP contribution >= 0.6 is 0 Å². The van der Waals surface area contributed by atoms with E-state index in [1.54, 1.807) is 26.2 Å². The number of aromatic hydroxyl groups is 2. The summed E-state index contributed by atoms with van der Waals surface area (Å²) in [6.45, 7) is 5.73. The molecular weight excluding hydrogens is 154 g/mol. The van der Waals surface area contributed by atoms with Crippen LogP contribution in [0.4, 0.5) is 0 Å². The van der Waals surface area contributed by atoms with E-state index in [0.29, 0.717) is 5.56 Å². The summed E-state index contributed by atoms with van der Waals surface area (Å²) in [4.78, 5) is 0. The van der Waals surface area contributed by atoms with Crippen molar-refractivity contribution in [1.82, 2.24) is 0 Å². The molecule has 0 aliphatic heterocycles. The van der Waals surface area contributed by atoms with Gasteiger partial charge in [-0.3, -0.25) is 0 Å². The van der Waals surface area contributed by atoms with Crippen LogP contribution in [0.1, 0.15) is 19.4 Å². The molecular formula is C9H16NO2+. The molecule has 1 aromatic rings. The predicted octanol–water partition coefficient (Wildman–Crippen LogP) is 1.26. The molecule has 0 radical (unpaired) electrons. The van der Waals surface area contributed by atoms with Crippen LogP contribution in [0.3, 0.4) is 0 Å². The Labute approximate surface area is 72.9 Å². The van der Waals surface area contributed by atoms with E-state index >= 15 is 0 Å². The maximum Gasteiger partial charge on any atom is 0.408 e. The highest BCUT2D eigenvalue weighted by Crippen LogP contribution is 2.22. The van der Waals surface area contributed by atoms with Gasteiger partial charge in [-0.25, -0.2) is 0 Å². The van der Waals surface area contributed by atoms with Crippen molar-refractivity contribution in [2.24, 2.45) is 7.05 Å². The van der Waals surface area contributed by atoms with Crippen molar-refractivity contribution in [2.45, 2.75) is 20.8 Å². The van der Waals surface area contributed by atoms with Gasteiger partial charge in [0.15, 0.2) is 6.20 Å². The minimum absolute atomic E-state index is 0.0509. The van der Waals surface area contributed by atoms with Gasteiger partial charge in [0.1, 0.15) is 7.05 Å². The van der Waals surface area contributed by atoms with Gasteiger partial charge in [0.05, 0.1) is 0 Å². The van der Waals surface area contributed by atoms with E-state index in [1.165, 1.54) is 4.57 Å². The van der Waals surface area contributed by atoms with Crippen LogP contribution in [0.5, 0.6) is 11.6 Å². The topological polar surface area (TPSA) is 44.3 Å². The van der Waals surface area contributed by atoms with Crippen molar-refractivity contribution in [3.05, 3.63) is 17.8 Å². The average Bonchev–Trinajstić information content (AvgIpc) is 2.12. The van der Waals surface area contributed by atoms with Gasteiger partial charge in [-0.05, 0) is 6.92 Å². The molecule has 0 unspecified atom stereocenters. The Bertz CT molecular complexity index is 232. The minimum atomic E-state index is -0.0972. The summed E-state index contributed by atoms with van der Waals surface area (Å²) in [6.07, 6.45) is 1.68. The van der Waals surface area contributed by atoms with Gasteiger partial charge in [0, 0.05) is 11.6 Å². The van der Waals surface area contributed by atoms with Crippen LogP contribution < -0.4 is 4.57 Å². The standard InChI is InChI=1S/C7H9NO2.C2H6/c1-5-3-4-8(2)7(10)6(5)9;1-2/h3-4,9H,1-2H3;1-2H3/p+1. The molecule has 1 heterocycles. The van der Waals surface area contributed by atoms with Crippen molar-refractivity contribution >= 4 is 0 Å². The lowest BCUT2D eigenvalue weighted by Crippen LogP contribution is -2.27. The van der Waals surface area contributed by atoms with Gasteiger partial charge >= 0.3 is 5.88 Å². The van der Waals surface area contributed by atoms with Crippen LogP contribution in [0.15, 0.2) is 12.3 Å². The van der Waals surface area contributed by atoms with Gasteiger partial charge in [-0.15, -0.1) is 0 Å².